The highest BCUT2D eigenvalue weighted by atomic mass is 16.3. The van der Waals surface area contributed by atoms with E-state index in [2.05, 4.69) is 31.6 Å². The summed E-state index contributed by atoms with van der Waals surface area (Å²) in [5.41, 5.74) is 1.73. The van der Waals surface area contributed by atoms with Crippen molar-refractivity contribution in [2.45, 2.75) is 198 Å². The van der Waals surface area contributed by atoms with E-state index >= 15 is 4.79 Å². The quantitative estimate of drug-likeness (QED) is 0.0940. The number of likely N-dealkylation sites (tertiary alicyclic amines) is 1. The Morgan fingerprint density at radius 3 is 2.23 bits per heavy atom. The molecule has 0 spiro atoms. The van der Waals surface area contributed by atoms with Gasteiger partial charge in [-0.15, -0.1) is 0 Å². The lowest BCUT2D eigenvalue weighted by Gasteiger charge is -2.38. The average Bonchev–Trinajstić information content (AvgIpc) is 4.13. The molecule has 6 N–H and O–H groups in total. The van der Waals surface area contributed by atoms with Crippen molar-refractivity contribution in [3.8, 4) is 0 Å². The van der Waals surface area contributed by atoms with E-state index in [1.165, 1.54) is 6.20 Å². The van der Waals surface area contributed by atoms with E-state index in [0.29, 0.717) is 61.1 Å². The predicted octanol–water partition coefficient (Wildman–Crippen LogP) is 5.31. The van der Waals surface area contributed by atoms with Gasteiger partial charge in [-0.05, 0) is 136 Å². The topological polar surface area (TPSA) is 266 Å². The molecular formula is C60H77N9O10. The third kappa shape index (κ3) is 11.8. The van der Waals surface area contributed by atoms with Crippen molar-refractivity contribution in [1.29, 1.82) is 0 Å². The Labute approximate surface area is 461 Å². The first kappa shape index (κ1) is 55.7. The van der Waals surface area contributed by atoms with E-state index in [1.807, 2.05) is 45.9 Å². The van der Waals surface area contributed by atoms with E-state index in [-0.39, 0.29) is 54.2 Å². The molecule has 19 nitrogen and oxygen atoms in total. The number of amides is 9. The molecule has 0 bridgehead atoms. The molecule has 7 aliphatic rings. The molecule has 3 aliphatic heterocycles. The summed E-state index contributed by atoms with van der Waals surface area (Å²) in [4.78, 5) is 136. The Morgan fingerprint density at radius 1 is 0.797 bits per heavy atom. The van der Waals surface area contributed by atoms with Gasteiger partial charge in [-0.3, -0.25) is 58.4 Å². The van der Waals surface area contributed by atoms with Gasteiger partial charge in [-0.25, -0.2) is 4.98 Å². The van der Waals surface area contributed by atoms with Crippen LogP contribution >= 0.6 is 0 Å². The van der Waals surface area contributed by atoms with Crippen molar-refractivity contribution in [2.24, 2.45) is 29.1 Å². The minimum Gasteiger partial charge on any atom is -0.381 e. The molecule has 19 heteroatoms. The fourth-order valence-electron chi connectivity index (χ4n) is 13.8. The maximum Gasteiger partial charge on any atom is 0.272 e. The summed E-state index contributed by atoms with van der Waals surface area (Å²) < 4.78 is 0. The maximum absolute atomic E-state index is 15.0. The second kappa shape index (κ2) is 23.2. The average molecular weight is 1080 g/mol. The van der Waals surface area contributed by atoms with E-state index < -0.39 is 89.0 Å². The minimum atomic E-state index is -1.44. The number of fused-ring (bicyclic) bond motifs is 1. The number of hydrogen-bond acceptors (Lipinski definition) is 12. The normalized spacial score (nSPS) is 25.9. The van der Waals surface area contributed by atoms with Crippen molar-refractivity contribution in [3.63, 3.8) is 0 Å². The van der Waals surface area contributed by atoms with Crippen LogP contribution in [0.25, 0.3) is 10.8 Å². The summed E-state index contributed by atoms with van der Waals surface area (Å²) in [5, 5.41) is 26.6. The molecule has 2 saturated heterocycles. The van der Waals surface area contributed by atoms with Gasteiger partial charge in [0.05, 0.1) is 17.9 Å². The molecule has 0 radical (unpaired) electrons. The van der Waals surface area contributed by atoms with Crippen LogP contribution in [0.1, 0.15) is 192 Å². The number of benzene rings is 2. The van der Waals surface area contributed by atoms with Crippen molar-refractivity contribution in [3.05, 3.63) is 70.8 Å². The van der Waals surface area contributed by atoms with Crippen LogP contribution in [0.2, 0.25) is 0 Å². The molecule has 10 rings (SSSR count). The number of aromatic nitrogens is 2. The number of aliphatic hydroxyl groups is 1. The first-order valence-corrected chi connectivity index (χ1v) is 29.2. The number of aliphatic hydroxyl groups excluding tert-OH is 1. The van der Waals surface area contributed by atoms with Gasteiger partial charge >= 0.3 is 0 Å². The summed E-state index contributed by atoms with van der Waals surface area (Å²) in [6.45, 7) is 7.89. The molecule has 4 aliphatic carbocycles. The fourth-order valence-corrected chi connectivity index (χ4v) is 13.8. The van der Waals surface area contributed by atoms with Crippen LogP contribution in [0.3, 0.4) is 0 Å². The number of hydrogen-bond donors (Lipinski definition) is 6. The van der Waals surface area contributed by atoms with Crippen LogP contribution in [-0.4, -0.2) is 127 Å². The van der Waals surface area contributed by atoms with Crippen LogP contribution in [0.15, 0.2) is 42.7 Å². The Balaban J connectivity index is 0.782. The minimum absolute atomic E-state index is 0.0381. The molecule has 4 saturated carbocycles. The number of carbonyl (C=O) groups is 9. The lowest BCUT2D eigenvalue weighted by molar-refractivity contribution is -0.146. The largest absolute Gasteiger partial charge is 0.381 e. The summed E-state index contributed by atoms with van der Waals surface area (Å²) in [6.07, 6.45) is 15.4. The maximum atomic E-state index is 15.0. The zero-order valence-electron chi connectivity index (χ0n) is 46.0. The Kier molecular flexibility index (Phi) is 16.4. The number of piperidine rings is 1. The molecular weight excluding hydrogens is 1010 g/mol. The van der Waals surface area contributed by atoms with Crippen LogP contribution in [0, 0.1) is 29.1 Å². The molecule has 79 heavy (non-hydrogen) atoms. The van der Waals surface area contributed by atoms with Crippen LogP contribution in [0.4, 0.5) is 0 Å². The second-order valence-corrected chi connectivity index (χ2v) is 24.8. The van der Waals surface area contributed by atoms with Gasteiger partial charge in [0.1, 0.15) is 29.9 Å². The number of rotatable bonds is 17. The zero-order valence-corrected chi connectivity index (χ0v) is 46.0. The van der Waals surface area contributed by atoms with Gasteiger partial charge in [0, 0.05) is 47.6 Å². The number of nitrogens with zero attached hydrogens (tertiary/aromatic N) is 4. The van der Waals surface area contributed by atoms with Gasteiger partial charge in [0.25, 0.3) is 23.6 Å². The van der Waals surface area contributed by atoms with Gasteiger partial charge in [0.2, 0.25) is 29.5 Å². The first-order chi connectivity index (χ1) is 37.9. The Hall–Kier alpha value is -6.63. The van der Waals surface area contributed by atoms with Gasteiger partial charge in [0.15, 0.2) is 6.10 Å². The second-order valence-electron chi connectivity index (χ2n) is 24.8. The van der Waals surface area contributed by atoms with E-state index in [0.717, 1.165) is 98.6 Å². The van der Waals surface area contributed by atoms with E-state index in [1.54, 1.807) is 23.2 Å². The van der Waals surface area contributed by atoms with Crippen LogP contribution in [0.5, 0.6) is 0 Å². The molecule has 1 aromatic heterocycles. The third-order valence-corrected chi connectivity index (χ3v) is 18.2. The summed E-state index contributed by atoms with van der Waals surface area (Å²) in [6, 6.07) is 4.51. The SMILES string of the molecule is CCC[C@H](NC(=O)[C@@H]1[C@H]2CCC[C@H]2CN1C(=O)[C@@H](NC(=O)[C@@H](NC(=O)c1cnc(C2CCC(Cc3cc4c5c(cccc5c3)C(=O)N(C3CCC(=O)NC3=O)C4=O)CC2)cn1)C1CCCCC1)C(C)(C)C)C(O)C(=O)NC1CC1. The van der Waals surface area contributed by atoms with E-state index in [4.69, 9.17) is 4.98 Å². The van der Waals surface area contributed by atoms with Gasteiger partial charge < -0.3 is 31.3 Å². The molecule has 2 aromatic carbocycles. The van der Waals surface area contributed by atoms with Crippen molar-refractivity contribution in [1.82, 2.24) is 46.4 Å². The van der Waals surface area contributed by atoms with E-state index in [9.17, 15) is 43.5 Å². The molecule has 3 aromatic rings. The summed E-state index contributed by atoms with van der Waals surface area (Å²) >= 11 is 0. The lowest BCUT2D eigenvalue weighted by Crippen LogP contribution is -2.62. The van der Waals surface area contributed by atoms with Crippen molar-refractivity contribution >= 4 is 63.9 Å². The highest BCUT2D eigenvalue weighted by Gasteiger charge is 2.53. The lowest BCUT2D eigenvalue weighted by atomic mass is 9.77. The standard InChI is InChI=1S/C60H77N9O10/c1-5-11-42(50(71)56(76)63-38-22-23-38)64-55(75)49-39-16-10-15-37(39)31-68(49)59(79)51(60(2,3)4)67-54(74)48(35-12-7-6-8-13-35)66-52(72)44-30-61-43(29-62-44)34-20-18-32(19-21-34)26-33-27-36-14-9-17-40-47(36)41(28-33)58(78)69(57(40)77)45-24-25-46(70)65-53(45)73/h9,14,17,27-30,32,34-35,37-39,42,45,48-51,71H,5-8,10-13,15-16,18-26,31H2,1-4H3,(H,63,76)(H,64,75)(H,66,72)(H,67,74)(H,65,70,73)/t32?,34?,37-,39-,42-,45?,48-,49-,50?,51+/m0/s1. The first-order valence-electron chi connectivity index (χ1n) is 29.2. The van der Waals surface area contributed by atoms with Crippen LogP contribution in [-0.2, 0) is 35.2 Å². The molecule has 2 unspecified atom stereocenters. The van der Waals surface area contributed by atoms with Crippen LogP contribution < -0.4 is 26.6 Å². The highest BCUT2D eigenvalue weighted by Crippen LogP contribution is 2.44. The summed E-state index contributed by atoms with van der Waals surface area (Å²) in [5.74, 6) is -4.28. The molecule has 8 atom stereocenters. The highest BCUT2D eigenvalue weighted by molar-refractivity contribution is 6.27. The summed E-state index contributed by atoms with van der Waals surface area (Å²) in [7, 11) is 0. The van der Waals surface area contributed by atoms with Gasteiger partial charge in [-0.2, -0.15) is 0 Å². The smallest absolute Gasteiger partial charge is 0.272 e. The predicted molar refractivity (Wildman–Crippen MR) is 291 cm³/mol. The fraction of sp³-hybridized carbons (Fsp3) is 0.617. The zero-order chi connectivity index (χ0) is 55.9. The molecule has 9 amide bonds. The molecule has 6 fully saturated rings. The molecule has 422 valence electrons. The Morgan fingerprint density at radius 2 is 1.54 bits per heavy atom. The van der Waals surface area contributed by atoms with Gasteiger partial charge in [-0.1, -0.05) is 78.0 Å². The monoisotopic (exact) mass is 1080 g/mol. The van der Waals surface area contributed by atoms with Crippen molar-refractivity contribution < 1.29 is 48.3 Å². The number of carbonyl (C=O) groups excluding carboxylic acids is 9. The molecule has 4 heterocycles. The Bertz CT molecular complexity index is 2890. The third-order valence-electron chi connectivity index (χ3n) is 18.2. The number of nitrogens with one attached hydrogen (secondary N) is 5. The van der Waals surface area contributed by atoms with Crippen molar-refractivity contribution in [2.75, 3.05) is 6.54 Å². The number of imide groups is 2.